The fourth-order valence-corrected chi connectivity index (χ4v) is 1.53. The highest BCUT2D eigenvalue weighted by atomic mass is 16.6. The zero-order chi connectivity index (χ0) is 9.10. The summed E-state index contributed by atoms with van der Waals surface area (Å²) >= 11 is 0. The Balaban J connectivity index is 2.37. The Labute approximate surface area is 76.5 Å². The van der Waals surface area contributed by atoms with E-state index < -0.39 is 0 Å². The highest BCUT2D eigenvalue weighted by Gasteiger charge is 2.00. The fourth-order valence-electron chi connectivity index (χ4n) is 1.53. The van der Waals surface area contributed by atoms with E-state index in [2.05, 4.69) is 28.0 Å². The average molecular weight is 176 g/mol. The molecule has 0 bridgehead atoms. The van der Waals surface area contributed by atoms with Crippen LogP contribution in [-0.2, 0) is 11.3 Å². The minimum Gasteiger partial charge on any atom is -0.361 e. The zero-order valence-electron chi connectivity index (χ0n) is 7.29. The Kier molecular flexibility index (Phi) is 2.29. The van der Waals surface area contributed by atoms with E-state index in [0.717, 1.165) is 6.42 Å². The smallest absolute Gasteiger partial charge is 0.0720 e. The molecule has 0 saturated carbocycles. The molecule has 0 radical (unpaired) electrons. The second kappa shape index (κ2) is 3.60. The third kappa shape index (κ3) is 1.56. The normalized spacial score (nSPS) is 10.8. The average Bonchev–Trinajstić information content (AvgIpc) is 2.62. The van der Waals surface area contributed by atoms with Gasteiger partial charge in [0.15, 0.2) is 0 Å². The number of benzene rings is 1. The molecule has 68 valence electrons. The van der Waals surface area contributed by atoms with Gasteiger partial charge in [0.2, 0.25) is 0 Å². The van der Waals surface area contributed by atoms with Crippen molar-refractivity contribution in [3.8, 4) is 0 Å². The van der Waals surface area contributed by atoms with Crippen molar-refractivity contribution in [3.63, 3.8) is 0 Å². The maximum Gasteiger partial charge on any atom is 0.0720 e. The van der Waals surface area contributed by atoms with Gasteiger partial charge in [-0.15, -0.1) is 0 Å². The zero-order valence-corrected chi connectivity index (χ0v) is 7.29. The second-order valence-corrected chi connectivity index (χ2v) is 2.98. The molecule has 3 heteroatoms. The topological polar surface area (TPSA) is 51.0 Å². The van der Waals surface area contributed by atoms with E-state index in [9.17, 15) is 0 Å². The van der Waals surface area contributed by atoms with Crippen LogP contribution < -0.4 is 5.90 Å². The maximum absolute atomic E-state index is 4.99. The fraction of sp³-hybridized carbons (Fsp3) is 0.200. The van der Waals surface area contributed by atoms with E-state index in [-0.39, 0.29) is 0 Å². The van der Waals surface area contributed by atoms with Crippen molar-refractivity contribution >= 4 is 10.9 Å². The van der Waals surface area contributed by atoms with Crippen LogP contribution in [0.15, 0.2) is 30.5 Å². The van der Waals surface area contributed by atoms with Crippen molar-refractivity contribution in [2.45, 2.75) is 6.42 Å². The molecule has 0 saturated heterocycles. The molecule has 3 nitrogen and oxygen atoms in total. The van der Waals surface area contributed by atoms with Gasteiger partial charge in [0.05, 0.1) is 6.61 Å². The van der Waals surface area contributed by atoms with Crippen LogP contribution in [0, 0.1) is 0 Å². The first kappa shape index (κ1) is 8.29. The predicted octanol–water partition coefficient (Wildman–Crippen LogP) is 1.60. The minimum absolute atomic E-state index is 0.554. The summed E-state index contributed by atoms with van der Waals surface area (Å²) in [5.74, 6) is 4.99. The van der Waals surface area contributed by atoms with Crippen molar-refractivity contribution in [1.82, 2.24) is 4.98 Å². The van der Waals surface area contributed by atoms with E-state index in [0.29, 0.717) is 6.61 Å². The number of nitrogens with one attached hydrogen (secondary N) is 1. The van der Waals surface area contributed by atoms with Gasteiger partial charge in [-0.05, 0) is 23.4 Å². The van der Waals surface area contributed by atoms with Crippen molar-refractivity contribution in [1.29, 1.82) is 0 Å². The Bertz CT molecular complexity index is 394. The van der Waals surface area contributed by atoms with Gasteiger partial charge in [-0.25, -0.2) is 5.90 Å². The quantitative estimate of drug-likeness (QED) is 0.698. The van der Waals surface area contributed by atoms with E-state index >= 15 is 0 Å². The summed E-state index contributed by atoms with van der Waals surface area (Å²) in [6.07, 6.45) is 2.78. The molecular weight excluding hydrogens is 164 g/mol. The number of hydrogen-bond donors (Lipinski definition) is 2. The lowest BCUT2D eigenvalue weighted by Crippen LogP contribution is -2.03. The molecule has 0 unspecified atom stereocenters. The highest BCUT2D eigenvalue weighted by molar-refractivity contribution is 5.82. The summed E-state index contributed by atoms with van der Waals surface area (Å²) < 4.78 is 0. The molecule has 1 aromatic heterocycles. The summed E-state index contributed by atoms with van der Waals surface area (Å²) in [6.45, 7) is 0.554. The second-order valence-electron chi connectivity index (χ2n) is 2.98. The van der Waals surface area contributed by atoms with Crippen molar-refractivity contribution in [3.05, 3.63) is 36.0 Å². The molecule has 3 N–H and O–H groups in total. The van der Waals surface area contributed by atoms with Crippen LogP contribution in [-0.4, -0.2) is 11.6 Å². The van der Waals surface area contributed by atoms with Crippen LogP contribution in [0.1, 0.15) is 5.56 Å². The van der Waals surface area contributed by atoms with Crippen LogP contribution in [0.2, 0.25) is 0 Å². The predicted molar refractivity (Wildman–Crippen MR) is 52.1 cm³/mol. The molecule has 1 aromatic carbocycles. The first-order valence-electron chi connectivity index (χ1n) is 4.28. The maximum atomic E-state index is 4.99. The van der Waals surface area contributed by atoms with Crippen LogP contribution in [0.25, 0.3) is 10.9 Å². The molecule has 0 aliphatic heterocycles. The van der Waals surface area contributed by atoms with Crippen LogP contribution in [0.3, 0.4) is 0 Å². The number of nitrogens with two attached hydrogens (primary N) is 1. The Morgan fingerprint density at radius 3 is 3.08 bits per heavy atom. The number of para-hydroxylation sites is 1. The third-order valence-electron chi connectivity index (χ3n) is 2.16. The van der Waals surface area contributed by atoms with Gasteiger partial charge in [0, 0.05) is 11.7 Å². The number of rotatable bonds is 3. The monoisotopic (exact) mass is 176 g/mol. The van der Waals surface area contributed by atoms with Gasteiger partial charge in [-0.1, -0.05) is 18.2 Å². The molecular formula is C10H12N2O. The van der Waals surface area contributed by atoms with Crippen molar-refractivity contribution in [2.75, 3.05) is 6.61 Å². The van der Waals surface area contributed by atoms with Crippen LogP contribution >= 0.6 is 0 Å². The molecule has 0 fully saturated rings. The van der Waals surface area contributed by atoms with Crippen LogP contribution in [0.5, 0.6) is 0 Å². The molecule has 2 aromatic rings. The third-order valence-corrected chi connectivity index (χ3v) is 2.16. The Morgan fingerprint density at radius 1 is 1.31 bits per heavy atom. The number of aromatic nitrogens is 1. The molecule has 2 rings (SSSR count). The Hall–Kier alpha value is -1.32. The summed E-state index contributed by atoms with van der Waals surface area (Å²) in [5.41, 5.74) is 2.42. The van der Waals surface area contributed by atoms with E-state index in [1.54, 1.807) is 0 Å². The van der Waals surface area contributed by atoms with Crippen molar-refractivity contribution in [2.24, 2.45) is 5.90 Å². The van der Waals surface area contributed by atoms with Gasteiger partial charge in [-0.2, -0.15) is 0 Å². The summed E-state index contributed by atoms with van der Waals surface area (Å²) in [5, 5.41) is 1.23. The van der Waals surface area contributed by atoms with Gasteiger partial charge >= 0.3 is 0 Å². The lowest BCUT2D eigenvalue weighted by molar-refractivity contribution is 0.141. The standard InChI is InChI=1S/C10H12N2O/c11-13-7-5-9-3-1-2-8-4-6-12-10(8)9/h1-4,6,12H,5,7,11H2. The summed E-state index contributed by atoms with van der Waals surface area (Å²) in [7, 11) is 0. The van der Waals surface area contributed by atoms with Gasteiger partial charge < -0.3 is 9.82 Å². The lowest BCUT2D eigenvalue weighted by atomic mass is 10.1. The highest BCUT2D eigenvalue weighted by Crippen LogP contribution is 2.16. The molecule has 0 amide bonds. The van der Waals surface area contributed by atoms with Gasteiger partial charge in [0.25, 0.3) is 0 Å². The largest absolute Gasteiger partial charge is 0.361 e. The van der Waals surface area contributed by atoms with Gasteiger partial charge in [-0.3, -0.25) is 0 Å². The number of fused-ring (bicyclic) bond motifs is 1. The lowest BCUT2D eigenvalue weighted by Gasteiger charge is -2.01. The first-order chi connectivity index (χ1) is 6.42. The molecule has 13 heavy (non-hydrogen) atoms. The molecule has 0 aliphatic carbocycles. The molecule has 0 spiro atoms. The van der Waals surface area contributed by atoms with E-state index in [4.69, 9.17) is 5.90 Å². The number of hydrogen-bond acceptors (Lipinski definition) is 2. The molecule has 0 aliphatic rings. The number of H-pyrrole nitrogens is 1. The molecule has 0 atom stereocenters. The number of aromatic amines is 1. The van der Waals surface area contributed by atoms with Crippen molar-refractivity contribution < 1.29 is 4.84 Å². The SMILES string of the molecule is NOCCc1cccc2cc[nH]c12. The summed E-state index contributed by atoms with van der Waals surface area (Å²) in [4.78, 5) is 7.76. The van der Waals surface area contributed by atoms with Gasteiger partial charge in [0.1, 0.15) is 0 Å². The first-order valence-corrected chi connectivity index (χ1v) is 4.28. The molecule has 1 heterocycles. The Morgan fingerprint density at radius 2 is 2.23 bits per heavy atom. The summed E-state index contributed by atoms with van der Waals surface area (Å²) in [6, 6.07) is 8.26. The van der Waals surface area contributed by atoms with Crippen LogP contribution in [0.4, 0.5) is 0 Å². The minimum atomic E-state index is 0.554. The van der Waals surface area contributed by atoms with E-state index in [1.807, 2.05) is 12.3 Å². The van der Waals surface area contributed by atoms with E-state index in [1.165, 1.54) is 16.5 Å².